The first-order chi connectivity index (χ1) is 8.65. The minimum absolute atomic E-state index is 0.126. The fraction of sp³-hybridized carbons (Fsp3) is 0.636. The lowest BCUT2D eigenvalue weighted by Crippen LogP contribution is -2.37. The van der Waals surface area contributed by atoms with Crippen LogP contribution in [0.2, 0.25) is 0 Å². The number of fused-ring (bicyclic) bond motifs is 1. The highest BCUT2D eigenvalue weighted by Gasteiger charge is 2.24. The Bertz CT molecular complexity index is 443. The van der Waals surface area contributed by atoms with Gasteiger partial charge < -0.3 is 25.8 Å². The molecule has 2 heterocycles. The molecule has 0 saturated carbocycles. The number of imidazole rings is 1. The van der Waals surface area contributed by atoms with Crippen molar-refractivity contribution in [2.45, 2.75) is 32.5 Å². The molecule has 2 rings (SSSR count). The van der Waals surface area contributed by atoms with Crippen molar-refractivity contribution in [3.05, 3.63) is 12.0 Å². The number of aliphatic hydroxyl groups is 2. The van der Waals surface area contributed by atoms with Gasteiger partial charge in [-0.05, 0) is 6.42 Å². The van der Waals surface area contributed by atoms with Gasteiger partial charge in [-0.3, -0.25) is 0 Å². The number of nitrogens with one attached hydrogen (secondary N) is 1. The molecule has 0 spiro atoms. The van der Waals surface area contributed by atoms with Crippen molar-refractivity contribution >= 4 is 11.8 Å². The standard InChI is InChI=1S/C11H19N5O2/c1-2-3-7(5-17)4-16-6-13-8-9(16)14-11(12)15-10(8)18/h6-7,10,17-18H,2-5H2,1H3,(H3,12,14,15)/t7-,10?/m1/s1. The second kappa shape index (κ2) is 5.36. The van der Waals surface area contributed by atoms with E-state index in [0.29, 0.717) is 18.1 Å². The summed E-state index contributed by atoms with van der Waals surface area (Å²) in [7, 11) is 0. The Balaban J connectivity index is 2.21. The molecule has 1 aliphatic heterocycles. The van der Waals surface area contributed by atoms with Crippen molar-refractivity contribution in [2.24, 2.45) is 16.6 Å². The Morgan fingerprint density at radius 1 is 1.61 bits per heavy atom. The van der Waals surface area contributed by atoms with Crippen LogP contribution in [0, 0.1) is 5.92 Å². The van der Waals surface area contributed by atoms with E-state index in [0.717, 1.165) is 12.8 Å². The van der Waals surface area contributed by atoms with Crippen molar-refractivity contribution in [1.29, 1.82) is 0 Å². The molecule has 2 atom stereocenters. The highest BCUT2D eigenvalue weighted by atomic mass is 16.3. The van der Waals surface area contributed by atoms with Gasteiger partial charge in [0.2, 0.25) is 0 Å². The maximum atomic E-state index is 9.74. The monoisotopic (exact) mass is 253 g/mol. The summed E-state index contributed by atoms with van der Waals surface area (Å²) in [5.74, 6) is 0.901. The van der Waals surface area contributed by atoms with E-state index in [2.05, 4.69) is 22.2 Å². The molecule has 0 saturated heterocycles. The number of guanidine groups is 1. The van der Waals surface area contributed by atoms with Crippen LogP contribution < -0.4 is 11.1 Å². The largest absolute Gasteiger partial charge is 0.396 e. The molecule has 0 amide bonds. The molecular formula is C11H19N5O2. The Kier molecular flexibility index (Phi) is 3.83. The van der Waals surface area contributed by atoms with Crippen LogP contribution in [0.5, 0.6) is 0 Å². The van der Waals surface area contributed by atoms with E-state index in [4.69, 9.17) is 5.73 Å². The molecule has 0 aliphatic carbocycles. The zero-order valence-electron chi connectivity index (χ0n) is 10.4. The van der Waals surface area contributed by atoms with Crippen LogP contribution in [0.3, 0.4) is 0 Å². The number of rotatable bonds is 5. The van der Waals surface area contributed by atoms with E-state index < -0.39 is 6.23 Å². The van der Waals surface area contributed by atoms with E-state index in [9.17, 15) is 10.2 Å². The van der Waals surface area contributed by atoms with E-state index >= 15 is 0 Å². The average molecular weight is 253 g/mol. The van der Waals surface area contributed by atoms with Crippen molar-refractivity contribution in [3.63, 3.8) is 0 Å². The van der Waals surface area contributed by atoms with E-state index in [1.807, 2.05) is 4.57 Å². The first kappa shape index (κ1) is 12.8. The number of hydrogen-bond acceptors (Lipinski definition) is 6. The lowest BCUT2D eigenvalue weighted by molar-refractivity contribution is 0.156. The SMILES string of the molecule is CCC[C@@H](CO)Cn1cnc2c1N=C(N)NC2O. The van der Waals surface area contributed by atoms with Crippen molar-refractivity contribution in [1.82, 2.24) is 14.9 Å². The molecule has 5 N–H and O–H groups in total. The van der Waals surface area contributed by atoms with E-state index in [1.165, 1.54) is 0 Å². The van der Waals surface area contributed by atoms with Crippen LogP contribution in [-0.4, -0.2) is 32.3 Å². The molecular weight excluding hydrogens is 234 g/mol. The highest BCUT2D eigenvalue weighted by Crippen LogP contribution is 2.27. The second-order valence-corrected chi connectivity index (χ2v) is 4.49. The molecule has 0 aromatic carbocycles. The molecule has 7 heteroatoms. The molecule has 1 aromatic heterocycles. The summed E-state index contributed by atoms with van der Waals surface area (Å²) in [5.41, 5.74) is 6.05. The van der Waals surface area contributed by atoms with E-state index in [-0.39, 0.29) is 18.5 Å². The van der Waals surface area contributed by atoms with Crippen molar-refractivity contribution in [3.8, 4) is 0 Å². The minimum atomic E-state index is -0.919. The van der Waals surface area contributed by atoms with Crippen molar-refractivity contribution < 1.29 is 10.2 Å². The topological polar surface area (TPSA) is 109 Å². The van der Waals surface area contributed by atoms with Crippen molar-refractivity contribution in [2.75, 3.05) is 6.61 Å². The number of hydrogen-bond donors (Lipinski definition) is 4. The zero-order valence-corrected chi connectivity index (χ0v) is 10.4. The third-order valence-corrected chi connectivity index (χ3v) is 3.02. The third-order valence-electron chi connectivity index (χ3n) is 3.02. The quantitative estimate of drug-likeness (QED) is 0.582. The molecule has 0 bridgehead atoms. The summed E-state index contributed by atoms with van der Waals surface area (Å²) in [6.07, 6.45) is 2.65. The Labute approximate surface area is 105 Å². The number of aliphatic hydroxyl groups excluding tert-OH is 2. The molecule has 1 unspecified atom stereocenters. The van der Waals surface area contributed by atoms with Gasteiger partial charge >= 0.3 is 0 Å². The van der Waals surface area contributed by atoms with Gasteiger partial charge in [0.05, 0.1) is 6.33 Å². The Hall–Kier alpha value is -1.60. The van der Waals surface area contributed by atoms with Crippen LogP contribution in [0.1, 0.15) is 31.7 Å². The average Bonchev–Trinajstić information content (AvgIpc) is 2.72. The molecule has 7 nitrogen and oxygen atoms in total. The molecule has 100 valence electrons. The Morgan fingerprint density at radius 3 is 3.06 bits per heavy atom. The molecule has 1 aliphatic rings. The van der Waals surface area contributed by atoms with Gasteiger partial charge in [0.15, 0.2) is 18.0 Å². The van der Waals surface area contributed by atoms with Crippen LogP contribution in [0.4, 0.5) is 5.82 Å². The van der Waals surface area contributed by atoms with Gasteiger partial charge in [-0.1, -0.05) is 13.3 Å². The maximum Gasteiger partial charge on any atom is 0.197 e. The van der Waals surface area contributed by atoms with Gasteiger partial charge in [0.25, 0.3) is 0 Å². The molecule has 18 heavy (non-hydrogen) atoms. The number of nitrogens with two attached hydrogens (primary N) is 1. The van der Waals surface area contributed by atoms with Gasteiger partial charge in [-0.25, -0.2) is 4.98 Å². The lowest BCUT2D eigenvalue weighted by Gasteiger charge is -2.19. The molecule has 0 radical (unpaired) electrons. The summed E-state index contributed by atoms with van der Waals surface area (Å²) in [4.78, 5) is 8.27. The number of aliphatic imine (C=N–C) groups is 1. The minimum Gasteiger partial charge on any atom is -0.396 e. The second-order valence-electron chi connectivity index (χ2n) is 4.49. The number of aromatic nitrogens is 2. The fourth-order valence-corrected chi connectivity index (χ4v) is 2.12. The van der Waals surface area contributed by atoms with Gasteiger partial charge in [0.1, 0.15) is 5.69 Å². The van der Waals surface area contributed by atoms with Crippen LogP contribution >= 0.6 is 0 Å². The maximum absolute atomic E-state index is 9.74. The van der Waals surface area contributed by atoms with Crippen LogP contribution in [0.25, 0.3) is 0 Å². The summed E-state index contributed by atoms with van der Waals surface area (Å²) in [6.45, 7) is 2.83. The zero-order chi connectivity index (χ0) is 13.1. The van der Waals surface area contributed by atoms with Gasteiger partial charge in [-0.2, -0.15) is 4.99 Å². The van der Waals surface area contributed by atoms with E-state index in [1.54, 1.807) is 6.33 Å². The summed E-state index contributed by atoms with van der Waals surface area (Å²) in [6, 6.07) is 0. The van der Waals surface area contributed by atoms with Crippen LogP contribution in [0.15, 0.2) is 11.3 Å². The summed E-state index contributed by atoms with van der Waals surface area (Å²) >= 11 is 0. The fourth-order valence-electron chi connectivity index (χ4n) is 2.12. The highest BCUT2D eigenvalue weighted by molar-refractivity contribution is 5.82. The van der Waals surface area contributed by atoms with Crippen LogP contribution in [-0.2, 0) is 6.54 Å². The third kappa shape index (κ3) is 2.46. The first-order valence-corrected chi connectivity index (χ1v) is 6.10. The molecule has 0 fully saturated rings. The smallest absolute Gasteiger partial charge is 0.197 e. The Morgan fingerprint density at radius 2 is 2.39 bits per heavy atom. The number of nitrogens with zero attached hydrogens (tertiary/aromatic N) is 3. The lowest BCUT2D eigenvalue weighted by atomic mass is 10.1. The molecule has 1 aromatic rings. The normalized spacial score (nSPS) is 19.9. The van der Waals surface area contributed by atoms with Gasteiger partial charge in [0, 0.05) is 19.1 Å². The predicted molar refractivity (Wildman–Crippen MR) is 67.1 cm³/mol. The van der Waals surface area contributed by atoms with Gasteiger partial charge in [-0.15, -0.1) is 0 Å². The summed E-state index contributed by atoms with van der Waals surface area (Å²) < 4.78 is 1.82. The first-order valence-electron chi connectivity index (χ1n) is 6.10. The summed E-state index contributed by atoms with van der Waals surface area (Å²) in [5, 5.41) is 21.6. The predicted octanol–water partition coefficient (Wildman–Crippen LogP) is -0.168.